The first-order valence-corrected chi connectivity index (χ1v) is 9.67. The van der Waals surface area contributed by atoms with Gasteiger partial charge in [-0.05, 0) is 37.8 Å². The molecule has 0 spiro atoms. The zero-order chi connectivity index (χ0) is 17.3. The molecule has 2 heterocycles. The van der Waals surface area contributed by atoms with Crippen LogP contribution in [0.5, 0.6) is 0 Å². The van der Waals surface area contributed by atoms with E-state index in [9.17, 15) is 4.79 Å². The molecule has 0 bridgehead atoms. The summed E-state index contributed by atoms with van der Waals surface area (Å²) in [6, 6.07) is 10.7. The lowest BCUT2D eigenvalue weighted by atomic mass is 10.1. The summed E-state index contributed by atoms with van der Waals surface area (Å²) in [4.78, 5) is 14.4. The Hall–Kier alpha value is -0.850. The topological polar surface area (TPSA) is 53.6 Å². The van der Waals surface area contributed by atoms with Gasteiger partial charge < -0.3 is 15.4 Å². The van der Waals surface area contributed by atoms with Crippen molar-refractivity contribution in [3.8, 4) is 0 Å². The van der Waals surface area contributed by atoms with E-state index in [4.69, 9.17) is 4.74 Å². The number of rotatable bonds is 8. The summed E-state index contributed by atoms with van der Waals surface area (Å²) in [5.74, 6) is 0.356. The smallest absolute Gasteiger partial charge is 0.224 e. The number of carbonyl (C=O) groups is 1. The van der Waals surface area contributed by atoms with E-state index in [1.165, 1.54) is 5.56 Å². The van der Waals surface area contributed by atoms with Crippen molar-refractivity contribution in [3.63, 3.8) is 0 Å². The fraction of sp³-hybridized carbons (Fsp3) is 0.650. The molecule has 2 aliphatic rings. The lowest BCUT2D eigenvalue weighted by Crippen LogP contribution is -2.37. The standard InChI is InChI=1S/C20H31N3O2.2ClH/c24-20(18-7-11-21-15-18)22-10-4-14-25-19-8-12-23(13-9-19)16-17-5-2-1-3-6-17;;/h1-3,5-6,18-19,21H,4,7-16H2,(H,22,24);2*1H. The van der Waals surface area contributed by atoms with Crippen LogP contribution in [0.25, 0.3) is 0 Å². The van der Waals surface area contributed by atoms with Crippen molar-refractivity contribution in [3.05, 3.63) is 35.9 Å². The first kappa shape index (κ1) is 24.2. The molecule has 1 amide bonds. The normalized spacial score (nSPS) is 20.5. The van der Waals surface area contributed by atoms with Gasteiger partial charge in [0.1, 0.15) is 0 Å². The molecule has 0 aliphatic carbocycles. The number of hydrogen-bond donors (Lipinski definition) is 2. The van der Waals surface area contributed by atoms with E-state index >= 15 is 0 Å². The Kier molecular flexibility index (Phi) is 12.0. The van der Waals surface area contributed by atoms with Gasteiger partial charge in [-0.15, -0.1) is 24.8 Å². The Bertz CT molecular complexity index is 519. The average molecular weight is 418 g/mol. The molecule has 2 saturated heterocycles. The highest BCUT2D eigenvalue weighted by Gasteiger charge is 2.22. The predicted octanol–water partition coefficient (Wildman–Crippen LogP) is 2.63. The van der Waals surface area contributed by atoms with Crippen LogP contribution in [0, 0.1) is 5.92 Å². The maximum atomic E-state index is 11.9. The van der Waals surface area contributed by atoms with E-state index < -0.39 is 0 Å². The number of nitrogens with one attached hydrogen (secondary N) is 2. The van der Waals surface area contributed by atoms with Crippen molar-refractivity contribution in [1.82, 2.24) is 15.5 Å². The van der Waals surface area contributed by atoms with Crippen LogP contribution in [-0.2, 0) is 16.1 Å². The molecule has 0 aromatic heterocycles. The van der Waals surface area contributed by atoms with E-state index in [0.717, 1.165) is 71.6 Å². The molecule has 7 heteroatoms. The SMILES string of the molecule is Cl.Cl.O=C(NCCCOC1CCN(Cc2ccccc2)CC1)C1CCNC1. The Morgan fingerprint density at radius 2 is 1.89 bits per heavy atom. The molecule has 5 nitrogen and oxygen atoms in total. The first-order chi connectivity index (χ1) is 12.3. The average Bonchev–Trinajstić information content (AvgIpc) is 3.18. The Morgan fingerprint density at radius 1 is 1.15 bits per heavy atom. The van der Waals surface area contributed by atoms with Gasteiger partial charge in [0.05, 0.1) is 12.0 Å². The molecular weight excluding hydrogens is 385 g/mol. The molecule has 2 N–H and O–H groups in total. The second kappa shape index (κ2) is 13.3. The fourth-order valence-electron chi connectivity index (χ4n) is 3.63. The molecule has 1 unspecified atom stereocenters. The summed E-state index contributed by atoms with van der Waals surface area (Å²) in [5.41, 5.74) is 1.38. The van der Waals surface area contributed by atoms with Crippen molar-refractivity contribution in [2.45, 2.75) is 38.3 Å². The Labute approximate surface area is 175 Å². The van der Waals surface area contributed by atoms with Crippen LogP contribution < -0.4 is 10.6 Å². The van der Waals surface area contributed by atoms with E-state index in [0.29, 0.717) is 6.10 Å². The van der Waals surface area contributed by atoms with Crippen LogP contribution in [0.15, 0.2) is 30.3 Å². The second-order valence-corrected chi connectivity index (χ2v) is 7.17. The summed E-state index contributed by atoms with van der Waals surface area (Å²) in [7, 11) is 0. The summed E-state index contributed by atoms with van der Waals surface area (Å²) in [5, 5.41) is 6.26. The number of benzene rings is 1. The molecule has 1 atom stereocenters. The van der Waals surface area contributed by atoms with Crippen LogP contribution in [0.1, 0.15) is 31.2 Å². The molecule has 1 aromatic rings. The number of nitrogens with zero attached hydrogens (tertiary/aromatic N) is 1. The number of hydrogen-bond acceptors (Lipinski definition) is 4. The van der Waals surface area contributed by atoms with Gasteiger partial charge in [-0.2, -0.15) is 0 Å². The third-order valence-corrected chi connectivity index (χ3v) is 5.19. The number of piperidine rings is 1. The zero-order valence-electron chi connectivity index (χ0n) is 15.9. The van der Waals surface area contributed by atoms with Crippen LogP contribution in [-0.4, -0.2) is 56.2 Å². The third kappa shape index (κ3) is 8.36. The summed E-state index contributed by atoms with van der Waals surface area (Å²) >= 11 is 0. The molecule has 0 saturated carbocycles. The minimum Gasteiger partial charge on any atom is -0.378 e. The fourth-order valence-corrected chi connectivity index (χ4v) is 3.63. The van der Waals surface area contributed by atoms with Gasteiger partial charge in [-0.3, -0.25) is 9.69 Å². The summed E-state index contributed by atoms with van der Waals surface area (Å²) in [6.45, 7) is 6.49. The summed E-state index contributed by atoms with van der Waals surface area (Å²) < 4.78 is 6.00. The van der Waals surface area contributed by atoms with Gasteiger partial charge in [0.25, 0.3) is 0 Å². The van der Waals surface area contributed by atoms with Crippen molar-refractivity contribution in [2.75, 3.05) is 39.3 Å². The minimum atomic E-state index is 0. The van der Waals surface area contributed by atoms with Gasteiger partial charge in [-0.1, -0.05) is 30.3 Å². The van der Waals surface area contributed by atoms with Crippen molar-refractivity contribution < 1.29 is 9.53 Å². The lowest BCUT2D eigenvalue weighted by molar-refractivity contribution is -0.124. The van der Waals surface area contributed by atoms with Crippen LogP contribution >= 0.6 is 24.8 Å². The van der Waals surface area contributed by atoms with Gasteiger partial charge in [0.2, 0.25) is 5.91 Å². The van der Waals surface area contributed by atoms with E-state index in [-0.39, 0.29) is 36.6 Å². The largest absolute Gasteiger partial charge is 0.378 e. The highest BCUT2D eigenvalue weighted by atomic mass is 35.5. The lowest BCUT2D eigenvalue weighted by Gasteiger charge is -2.32. The van der Waals surface area contributed by atoms with Gasteiger partial charge in [0, 0.05) is 39.3 Å². The van der Waals surface area contributed by atoms with Gasteiger partial charge in [-0.25, -0.2) is 0 Å². The third-order valence-electron chi connectivity index (χ3n) is 5.19. The second-order valence-electron chi connectivity index (χ2n) is 7.17. The molecule has 0 radical (unpaired) electrons. The highest BCUT2D eigenvalue weighted by molar-refractivity contribution is 5.85. The van der Waals surface area contributed by atoms with Crippen LogP contribution in [0.2, 0.25) is 0 Å². The van der Waals surface area contributed by atoms with Crippen LogP contribution in [0.4, 0.5) is 0 Å². The van der Waals surface area contributed by atoms with Crippen molar-refractivity contribution in [2.24, 2.45) is 5.92 Å². The predicted molar refractivity (Wildman–Crippen MR) is 114 cm³/mol. The molecule has 27 heavy (non-hydrogen) atoms. The molecule has 1 aromatic carbocycles. The van der Waals surface area contributed by atoms with E-state index in [1.807, 2.05) is 0 Å². The molecule has 154 valence electrons. The number of ether oxygens (including phenoxy) is 1. The first-order valence-electron chi connectivity index (χ1n) is 9.67. The number of amides is 1. The molecule has 3 rings (SSSR count). The Balaban J connectivity index is 0.00000182. The quantitative estimate of drug-likeness (QED) is 0.638. The number of likely N-dealkylation sites (tertiary alicyclic amines) is 1. The minimum absolute atomic E-state index is 0. The van der Waals surface area contributed by atoms with Gasteiger partial charge in [0.15, 0.2) is 0 Å². The van der Waals surface area contributed by atoms with E-state index in [2.05, 4.69) is 45.9 Å². The number of halogens is 2. The summed E-state index contributed by atoms with van der Waals surface area (Å²) in [6.07, 6.45) is 4.45. The monoisotopic (exact) mass is 417 g/mol. The highest BCUT2D eigenvalue weighted by Crippen LogP contribution is 2.16. The van der Waals surface area contributed by atoms with Crippen molar-refractivity contribution in [1.29, 1.82) is 0 Å². The molecule has 2 aliphatic heterocycles. The maximum Gasteiger partial charge on any atom is 0.224 e. The zero-order valence-corrected chi connectivity index (χ0v) is 17.5. The van der Waals surface area contributed by atoms with E-state index in [1.54, 1.807) is 0 Å². The van der Waals surface area contributed by atoms with Crippen LogP contribution in [0.3, 0.4) is 0 Å². The van der Waals surface area contributed by atoms with Gasteiger partial charge >= 0.3 is 0 Å². The molecular formula is C20H33Cl2N3O2. The molecule has 2 fully saturated rings. The Morgan fingerprint density at radius 3 is 2.56 bits per heavy atom. The van der Waals surface area contributed by atoms with Crippen molar-refractivity contribution >= 4 is 30.7 Å². The number of carbonyl (C=O) groups excluding carboxylic acids is 1. The maximum absolute atomic E-state index is 11.9.